The number of hydrogen-bond acceptors (Lipinski definition) is 5. The normalized spacial score (nSPS) is 13.2. The first-order valence-electron chi connectivity index (χ1n) is 10.6. The molecule has 1 aliphatic rings. The van der Waals surface area contributed by atoms with E-state index < -0.39 is 0 Å². The van der Waals surface area contributed by atoms with Crippen LogP contribution < -0.4 is 10.3 Å². The van der Waals surface area contributed by atoms with Gasteiger partial charge in [-0.25, -0.2) is 4.98 Å². The fourth-order valence-electron chi connectivity index (χ4n) is 3.95. The van der Waals surface area contributed by atoms with Crippen molar-refractivity contribution >= 4 is 33.3 Å². The van der Waals surface area contributed by atoms with Crippen LogP contribution in [0.2, 0.25) is 0 Å². The van der Waals surface area contributed by atoms with Crippen molar-refractivity contribution in [3.05, 3.63) is 45.1 Å². The molecule has 0 spiro atoms. The van der Waals surface area contributed by atoms with Crippen molar-refractivity contribution in [2.24, 2.45) is 0 Å². The Kier molecular flexibility index (Phi) is 6.60. The van der Waals surface area contributed by atoms with Crippen molar-refractivity contribution < 1.29 is 4.74 Å². The molecule has 0 atom stereocenters. The van der Waals surface area contributed by atoms with E-state index in [4.69, 9.17) is 9.72 Å². The van der Waals surface area contributed by atoms with Crippen LogP contribution in [0.5, 0.6) is 5.75 Å². The summed E-state index contributed by atoms with van der Waals surface area (Å²) < 4.78 is 7.10. The summed E-state index contributed by atoms with van der Waals surface area (Å²) in [6, 6.07) is 7.71. The van der Waals surface area contributed by atoms with Gasteiger partial charge in [-0.3, -0.25) is 9.36 Å². The predicted molar refractivity (Wildman–Crippen MR) is 123 cm³/mol. The second kappa shape index (κ2) is 9.35. The van der Waals surface area contributed by atoms with Gasteiger partial charge >= 0.3 is 0 Å². The Labute approximate surface area is 180 Å². The van der Waals surface area contributed by atoms with Gasteiger partial charge in [-0.1, -0.05) is 44.4 Å². The first-order valence-corrected chi connectivity index (χ1v) is 12.4. The number of fused-ring (bicyclic) bond motifs is 3. The summed E-state index contributed by atoms with van der Waals surface area (Å²) >= 11 is 3.42. The van der Waals surface area contributed by atoms with Crippen molar-refractivity contribution in [3.8, 4) is 11.4 Å². The minimum Gasteiger partial charge on any atom is -0.497 e. The highest BCUT2D eigenvalue weighted by molar-refractivity contribution is 7.99. The summed E-state index contributed by atoms with van der Waals surface area (Å²) in [4.78, 5) is 20.8. The highest BCUT2D eigenvalue weighted by Gasteiger charge is 2.23. The summed E-state index contributed by atoms with van der Waals surface area (Å²) in [7, 11) is 1.66. The Morgan fingerprint density at radius 3 is 2.69 bits per heavy atom. The molecular formula is C23H28N2O2S2. The topological polar surface area (TPSA) is 44.1 Å². The number of aromatic nitrogens is 2. The first kappa shape index (κ1) is 20.5. The first-order chi connectivity index (χ1) is 14.2. The molecule has 0 aliphatic heterocycles. The van der Waals surface area contributed by atoms with Gasteiger partial charge in [0.1, 0.15) is 10.6 Å². The smallest absolute Gasteiger partial charge is 0.267 e. The number of thioether (sulfide) groups is 1. The molecule has 0 radical (unpaired) electrons. The monoisotopic (exact) mass is 428 g/mol. The molecule has 154 valence electrons. The highest BCUT2D eigenvalue weighted by Crippen LogP contribution is 2.36. The van der Waals surface area contributed by atoms with Crippen LogP contribution in [-0.4, -0.2) is 22.4 Å². The predicted octanol–water partition coefficient (Wildman–Crippen LogP) is 6.01. The van der Waals surface area contributed by atoms with E-state index in [-0.39, 0.29) is 5.56 Å². The largest absolute Gasteiger partial charge is 0.497 e. The van der Waals surface area contributed by atoms with Crippen LogP contribution in [0.3, 0.4) is 0 Å². The maximum atomic E-state index is 13.6. The number of ether oxygens (including phenoxy) is 1. The van der Waals surface area contributed by atoms with E-state index in [1.54, 1.807) is 30.2 Å². The molecule has 3 aromatic rings. The van der Waals surface area contributed by atoms with Crippen LogP contribution in [0.1, 0.15) is 55.9 Å². The van der Waals surface area contributed by atoms with Gasteiger partial charge in [0.15, 0.2) is 5.16 Å². The summed E-state index contributed by atoms with van der Waals surface area (Å²) in [6.45, 7) is 2.24. The Bertz CT molecular complexity index is 1040. The minimum atomic E-state index is 0.0769. The molecule has 0 fully saturated rings. The quantitative estimate of drug-likeness (QED) is 0.238. The lowest BCUT2D eigenvalue weighted by Gasteiger charge is -2.13. The average molecular weight is 429 g/mol. The molecular weight excluding hydrogens is 400 g/mol. The zero-order chi connectivity index (χ0) is 20.2. The molecule has 6 heteroatoms. The Hall–Kier alpha value is -1.79. The van der Waals surface area contributed by atoms with Crippen LogP contribution >= 0.6 is 23.1 Å². The van der Waals surface area contributed by atoms with Crippen LogP contribution in [0.15, 0.2) is 34.2 Å². The number of thiophene rings is 1. The van der Waals surface area contributed by atoms with E-state index in [0.29, 0.717) is 0 Å². The van der Waals surface area contributed by atoms with Gasteiger partial charge in [-0.05, 0) is 55.5 Å². The molecule has 4 nitrogen and oxygen atoms in total. The third-order valence-corrected chi connectivity index (χ3v) is 7.73. The molecule has 0 amide bonds. The third kappa shape index (κ3) is 4.24. The summed E-state index contributed by atoms with van der Waals surface area (Å²) in [5, 5.41) is 1.65. The molecule has 0 N–H and O–H groups in total. The van der Waals surface area contributed by atoms with E-state index in [0.717, 1.165) is 58.2 Å². The molecule has 1 aliphatic carbocycles. The SMILES string of the molecule is CCCCCCCSc1nc2sc3c(c2c(=O)n1-c1ccc(OC)cc1)CCC3. The number of nitrogens with zero attached hydrogens (tertiary/aromatic N) is 2. The van der Waals surface area contributed by atoms with Gasteiger partial charge in [0.25, 0.3) is 5.56 Å². The molecule has 0 unspecified atom stereocenters. The van der Waals surface area contributed by atoms with Gasteiger partial charge in [0.2, 0.25) is 0 Å². The standard InChI is InChI=1S/C23H28N2O2S2/c1-3-4-5-6-7-15-28-23-24-21-20(18-9-8-10-19(18)29-21)22(26)25(23)16-11-13-17(27-2)14-12-16/h11-14H,3-10,15H2,1-2H3. The summed E-state index contributed by atoms with van der Waals surface area (Å²) in [5.74, 6) is 1.78. The van der Waals surface area contributed by atoms with E-state index in [1.165, 1.54) is 36.1 Å². The average Bonchev–Trinajstić information content (AvgIpc) is 3.32. The molecule has 1 aromatic carbocycles. The molecule has 4 rings (SSSR count). The molecule has 0 saturated carbocycles. The van der Waals surface area contributed by atoms with Gasteiger partial charge < -0.3 is 4.74 Å². The fraction of sp³-hybridized carbons (Fsp3) is 0.478. The molecule has 2 heterocycles. The fourth-order valence-corrected chi connectivity index (χ4v) is 6.26. The number of unbranched alkanes of at least 4 members (excludes halogenated alkanes) is 4. The summed E-state index contributed by atoms with van der Waals surface area (Å²) in [6.07, 6.45) is 9.46. The molecule has 29 heavy (non-hydrogen) atoms. The molecule has 0 saturated heterocycles. The maximum absolute atomic E-state index is 13.6. The number of rotatable bonds is 9. The van der Waals surface area contributed by atoms with Gasteiger partial charge in [-0.2, -0.15) is 0 Å². The lowest BCUT2D eigenvalue weighted by atomic mass is 10.2. The van der Waals surface area contributed by atoms with E-state index >= 15 is 0 Å². The van der Waals surface area contributed by atoms with Crippen molar-refractivity contribution in [1.29, 1.82) is 0 Å². The Morgan fingerprint density at radius 1 is 1.14 bits per heavy atom. The van der Waals surface area contributed by atoms with Gasteiger partial charge in [-0.15, -0.1) is 11.3 Å². The lowest BCUT2D eigenvalue weighted by Crippen LogP contribution is -2.22. The lowest BCUT2D eigenvalue weighted by molar-refractivity contribution is 0.414. The van der Waals surface area contributed by atoms with Crippen LogP contribution in [-0.2, 0) is 12.8 Å². The van der Waals surface area contributed by atoms with Crippen molar-refractivity contribution in [2.75, 3.05) is 12.9 Å². The van der Waals surface area contributed by atoms with Crippen molar-refractivity contribution in [2.45, 2.75) is 63.4 Å². The van der Waals surface area contributed by atoms with Gasteiger partial charge in [0.05, 0.1) is 18.2 Å². The number of methoxy groups -OCH3 is 1. The van der Waals surface area contributed by atoms with Crippen LogP contribution in [0, 0.1) is 0 Å². The van der Waals surface area contributed by atoms with Crippen molar-refractivity contribution in [3.63, 3.8) is 0 Å². The maximum Gasteiger partial charge on any atom is 0.267 e. The molecule has 2 aromatic heterocycles. The number of aryl methyl sites for hydroxylation is 2. The van der Waals surface area contributed by atoms with E-state index in [9.17, 15) is 4.79 Å². The van der Waals surface area contributed by atoms with Crippen molar-refractivity contribution in [1.82, 2.24) is 9.55 Å². The Balaban J connectivity index is 1.70. The molecule has 0 bridgehead atoms. The summed E-state index contributed by atoms with van der Waals surface area (Å²) in [5.41, 5.74) is 2.17. The Morgan fingerprint density at radius 2 is 1.93 bits per heavy atom. The van der Waals surface area contributed by atoms with Crippen LogP contribution in [0.25, 0.3) is 15.9 Å². The number of hydrogen-bond donors (Lipinski definition) is 0. The van der Waals surface area contributed by atoms with E-state index in [1.807, 2.05) is 28.8 Å². The van der Waals surface area contributed by atoms with E-state index in [2.05, 4.69) is 6.92 Å². The minimum absolute atomic E-state index is 0.0769. The second-order valence-corrected chi connectivity index (χ2v) is 9.68. The van der Waals surface area contributed by atoms with Crippen LogP contribution in [0.4, 0.5) is 0 Å². The van der Waals surface area contributed by atoms with Gasteiger partial charge in [0, 0.05) is 10.6 Å². The zero-order valence-corrected chi connectivity index (χ0v) is 18.8. The highest BCUT2D eigenvalue weighted by atomic mass is 32.2. The second-order valence-electron chi connectivity index (χ2n) is 7.53. The number of benzene rings is 1. The third-order valence-electron chi connectivity index (χ3n) is 5.52. The zero-order valence-electron chi connectivity index (χ0n) is 17.2.